The molecule has 3 aromatic rings. The van der Waals surface area contributed by atoms with Gasteiger partial charge in [0.1, 0.15) is 0 Å². The van der Waals surface area contributed by atoms with Gasteiger partial charge in [0.2, 0.25) is 0 Å². The Morgan fingerprint density at radius 3 is 2.67 bits per heavy atom. The third-order valence-electron chi connectivity index (χ3n) is 6.63. The van der Waals surface area contributed by atoms with Gasteiger partial charge < -0.3 is 4.90 Å². The molecule has 7 nitrogen and oxygen atoms in total. The highest BCUT2D eigenvalue weighted by Gasteiger charge is 2.24. The van der Waals surface area contributed by atoms with Crippen LogP contribution in [0.1, 0.15) is 43.3 Å². The van der Waals surface area contributed by atoms with Gasteiger partial charge in [0.05, 0.1) is 28.6 Å². The van der Waals surface area contributed by atoms with Gasteiger partial charge in [-0.1, -0.05) is 0 Å². The van der Waals surface area contributed by atoms with Gasteiger partial charge >= 0.3 is 0 Å². The van der Waals surface area contributed by atoms with Crippen LogP contribution in [0, 0.1) is 0 Å². The first-order chi connectivity index (χ1) is 14.5. The lowest BCUT2D eigenvalue weighted by atomic mass is 10.1. The van der Waals surface area contributed by atoms with Gasteiger partial charge in [-0.3, -0.25) is 18.9 Å². The predicted molar refractivity (Wildman–Crippen MR) is 119 cm³/mol. The van der Waals surface area contributed by atoms with Gasteiger partial charge in [-0.15, -0.1) is 0 Å². The molecule has 0 radical (unpaired) electrons. The van der Waals surface area contributed by atoms with Crippen LogP contribution in [0.2, 0.25) is 0 Å². The molecule has 0 N–H and O–H groups in total. The van der Waals surface area contributed by atoms with Crippen molar-refractivity contribution in [1.82, 2.24) is 24.2 Å². The molecule has 2 aliphatic rings. The van der Waals surface area contributed by atoms with E-state index in [0.29, 0.717) is 5.39 Å². The molecule has 1 aliphatic heterocycles. The predicted octanol–water partition coefficient (Wildman–Crippen LogP) is 2.52. The molecule has 0 amide bonds. The van der Waals surface area contributed by atoms with Crippen LogP contribution >= 0.6 is 0 Å². The van der Waals surface area contributed by atoms with Crippen LogP contribution < -0.4 is 10.5 Å². The summed E-state index contributed by atoms with van der Waals surface area (Å²) in [6.07, 6.45) is 5.23. The van der Waals surface area contributed by atoms with E-state index in [0.717, 1.165) is 50.3 Å². The molecular weight excluding hydrogens is 376 g/mol. The summed E-state index contributed by atoms with van der Waals surface area (Å²) in [6, 6.07) is 6.18. The minimum atomic E-state index is 0.0371. The average Bonchev–Trinajstić information content (AvgIpc) is 3.30. The van der Waals surface area contributed by atoms with Crippen molar-refractivity contribution >= 4 is 16.6 Å². The first-order valence-corrected chi connectivity index (χ1v) is 11.0. The molecule has 7 heteroatoms. The van der Waals surface area contributed by atoms with E-state index in [1.807, 2.05) is 19.9 Å². The molecule has 0 bridgehead atoms. The smallest absolute Gasteiger partial charge is 0.261 e. The van der Waals surface area contributed by atoms with E-state index in [9.17, 15) is 4.79 Å². The standard InChI is InChI=1S/C23H30N6O/c1-16(2)29-15-24-21-13-17(7-8-19(21)23(29)30)28-11-9-27(10-12-28)14-22-18-5-4-6-20(18)25-26(22)3/h7-8,13,15-16H,4-6,9-12,14H2,1-3H3. The zero-order chi connectivity index (χ0) is 20.8. The number of hydrogen-bond acceptors (Lipinski definition) is 5. The Balaban J connectivity index is 1.29. The van der Waals surface area contributed by atoms with Crippen LogP contribution in [0.4, 0.5) is 5.69 Å². The van der Waals surface area contributed by atoms with E-state index < -0.39 is 0 Å². The zero-order valence-corrected chi connectivity index (χ0v) is 18.1. The second kappa shape index (κ2) is 7.54. The number of anilines is 1. The maximum atomic E-state index is 12.7. The quantitative estimate of drug-likeness (QED) is 0.666. The number of piperazine rings is 1. The molecule has 0 atom stereocenters. The average molecular weight is 407 g/mol. The summed E-state index contributed by atoms with van der Waals surface area (Å²) in [5.74, 6) is 0. The van der Waals surface area contributed by atoms with Crippen LogP contribution in [0.15, 0.2) is 29.3 Å². The number of aryl methyl sites for hydroxylation is 2. The second-order valence-electron chi connectivity index (χ2n) is 8.86. The number of hydrogen-bond donors (Lipinski definition) is 0. The summed E-state index contributed by atoms with van der Waals surface area (Å²) in [4.78, 5) is 22.1. The van der Waals surface area contributed by atoms with Crippen molar-refractivity contribution in [2.75, 3.05) is 31.1 Å². The molecule has 5 rings (SSSR count). The largest absolute Gasteiger partial charge is 0.369 e. The number of aromatic nitrogens is 4. The second-order valence-corrected chi connectivity index (χ2v) is 8.86. The van der Waals surface area contributed by atoms with E-state index in [4.69, 9.17) is 5.10 Å². The molecular formula is C23H30N6O. The fraction of sp³-hybridized carbons (Fsp3) is 0.522. The third-order valence-corrected chi connectivity index (χ3v) is 6.63. The highest BCUT2D eigenvalue weighted by Crippen LogP contribution is 2.26. The van der Waals surface area contributed by atoms with Crippen LogP contribution in [0.3, 0.4) is 0 Å². The summed E-state index contributed by atoms with van der Waals surface area (Å²) < 4.78 is 3.78. The van der Waals surface area contributed by atoms with Crippen LogP contribution in [0.25, 0.3) is 10.9 Å². The van der Waals surface area contributed by atoms with Crippen LogP contribution in [-0.4, -0.2) is 50.4 Å². The number of rotatable bonds is 4. The molecule has 30 heavy (non-hydrogen) atoms. The minimum Gasteiger partial charge on any atom is -0.369 e. The lowest BCUT2D eigenvalue weighted by Gasteiger charge is -2.36. The van der Waals surface area contributed by atoms with Crippen molar-refractivity contribution in [2.24, 2.45) is 7.05 Å². The first-order valence-electron chi connectivity index (χ1n) is 11.0. The van der Waals surface area contributed by atoms with E-state index in [1.165, 1.54) is 29.8 Å². The maximum absolute atomic E-state index is 12.7. The fourth-order valence-electron chi connectivity index (χ4n) is 4.85. The number of fused-ring (bicyclic) bond motifs is 2. The van der Waals surface area contributed by atoms with Crippen molar-refractivity contribution in [3.05, 3.63) is 51.8 Å². The van der Waals surface area contributed by atoms with E-state index in [2.05, 4.69) is 38.6 Å². The fourth-order valence-corrected chi connectivity index (χ4v) is 4.85. The molecule has 1 saturated heterocycles. The van der Waals surface area contributed by atoms with Gasteiger partial charge in [0.25, 0.3) is 5.56 Å². The molecule has 158 valence electrons. The number of nitrogens with zero attached hydrogens (tertiary/aromatic N) is 6. The summed E-state index contributed by atoms with van der Waals surface area (Å²) in [6.45, 7) is 9.01. The normalized spacial score (nSPS) is 17.3. The van der Waals surface area contributed by atoms with Crippen molar-refractivity contribution in [3.63, 3.8) is 0 Å². The molecule has 0 spiro atoms. The van der Waals surface area contributed by atoms with E-state index >= 15 is 0 Å². The van der Waals surface area contributed by atoms with Gasteiger partial charge in [0.15, 0.2) is 0 Å². The Morgan fingerprint density at radius 1 is 1.10 bits per heavy atom. The number of benzene rings is 1. The Kier molecular flexibility index (Phi) is 4.85. The molecule has 1 aromatic carbocycles. The van der Waals surface area contributed by atoms with Crippen molar-refractivity contribution in [3.8, 4) is 0 Å². The highest BCUT2D eigenvalue weighted by atomic mass is 16.1. The summed E-state index contributed by atoms with van der Waals surface area (Å²) >= 11 is 0. The molecule has 1 fully saturated rings. The van der Waals surface area contributed by atoms with Crippen molar-refractivity contribution < 1.29 is 0 Å². The van der Waals surface area contributed by atoms with Gasteiger partial charge in [-0.25, -0.2) is 4.98 Å². The lowest BCUT2D eigenvalue weighted by molar-refractivity contribution is 0.243. The molecule has 0 unspecified atom stereocenters. The monoisotopic (exact) mass is 406 g/mol. The minimum absolute atomic E-state index is 0.0371. The van der Waals surface area contributed by atoms with E-state index in [1.54, 1.807) is 10.9 Å². The third kappa shape index (κ3) is 3.31. The molecule has 1 aliphatic carbocycles. The Labute approximate surface area is 176 Å². The maximum Gasteiger partial charge on any atom is 0.261 e. The summed E-state index contributed by atoms with van der Waals surface area (Å²) in [5, 5.41) is 5.41. The Bertz CT molecular complexity index is 1140. The van der Waals surface area contributed by atoms with Crippen LogP contribution in [0.5, 0.6) is 0 Å². The van der Waals surface area contributed by atoms with Crippen molar-refractivity contribution in [2.45, 2.75) is 45.7 Å². The zero-order valence-electron chi connectivity index (χ0n) is 18.1. The summed E-state index contributed by atoms with van der Waals surface area (Å²) in [5.41, 5.74) is 6.17. The Morgan fingerprint density at radius 2 is 1.90 bits per heavy atom. The Hall–Kier alpha value is -2.67. The first kappa shape index (κ1) is 19.3. The SMILES string of the molecule is CC(C)n1cnc2cc(N3CCN(Cc4c5c(nn4C)CCC5)CC3)ccc2c1=O. The topological polar surface area (TPSA) is 59.2 Å². The molecule has 3 heterocycles. The van der Waals surface area contributed by atoms with Gasteiger partial charge in [-0.2, -0.15) is 5.10 Å². The summed E-state index contributed by atoms with van der Waals surface area (Å²) in [7, 11) is 2.08. The molecule has 2 aromatic heterocycles. The highest BCUT2D eigenvalue weighted by molar-refractivity contribution is 5.81. The lowest BCUT2D eigenvalue weighted by Crippen LogP contribution is -2.46. The van der Waals surface area contributed by atoms with Gasteiger partial charge in [0, 0.05) is 51.5 Å². The van der Waals surface area contributed by atoms with Gasteiger partial charge in [-0.05, 0) is 56.9 Å². The van der Waals surface area contributed by atoms with Crippen LogP contribution in [-0.2, 0) is 26.4 Å². The van der Waals surface area contributed by atoms with Crippen molar-refractivity contribution in [1.29, 1.82) is 0 Å². The molecule has 0 saturated carbocycles. The van der Waals surface area contributed by atoms with E-state index in [-0.39, 0.29) is 11.6 Å².